The molecule has 0 radical (unpaired) electrons. The van der Waals surface area contributed by atoms with Gasteiger partial charge in [0.15, 0.2) is 0 Å². The van der Waals surface area contributed by atoms with Crippen LogP contribution in [-0.4, -0.2) is 39.1 Å². The number of rotatable bonds is 5. The molecule has 2 aliphatic carbocycles. The molecule has 2 aromatic rings. The highest BCUT2D eigenvalue weighted by molar-refractivity contribution is 5.95. The van der Waals surface area contributed by atoms with Gasteiger partial charge in [-0.25, -0.2) is 9.78 Å². The van der Waals surface area contributed by atoms with E-state index >= 15 is 0 Å². The van der Waals surface area contributed by atoms with Crippen LogP contribution >= 0.6 is 0 Å². The quantitative estimate of drug-likeness (QED) is 0.522. The molecule has 150 valence electrons. The van der Waals surface area contributed by atoms with Crippen LogP contribution in [0.2, 0.25) is 0 Å². The molecule has 0 unspecified atom stereocenters. The van der Waals surface area contributed by atoms with E-state index in [9.17, 15) is 24.6 Å². The van der Waals surface area contributed by atoms with Crippen LogP contribution in [0.15, 0.2) is 36.5 Å². The zero-order chi connectivity index (χ0) is 20.5. The standard InChI is InChI=1S/C20H20N4O5/c25-15-3-1-2-12-13(15)8-14(19(27)28)17(12)24-18(26)10-4-7-16(21-9-10)23-20(29)22-11-5-6-11/h1-4,7,9,11,14,17,25H,5-6,8H2,(H,24,26)(H,27,28)(H2,21,22,23,29)/t14-,17+/m1/s1. The lowest BCUT2D eigenvalue weighted by atomic mass is 10.0. The van der Waals surface area contributed by atoms with Gasteiger partial charge in [-0.3, -0.25) is 14.9 Å². The van der Waals surface area contributed by atoms with Crippen LogP contribution in [0.3, 0.4) is 0 Å². The second-order valence-corrected chi connectivity index (χ2v) is 7.25. The Bertz CT molecular complexity index is 971. The van der Waals surface area contributed by atoms with Gasteiger partial charge in [-0.1, -0.05) is 12.1 Å². The number of hydrogen-bond donors (Lipinski definition) is 5. The number of carbonyl (C=O) groups is 3. The summed E-state index contributed by atoms with van der Waals surface area (Å²) in [6.07, 6.45) is 3.40. The van der Waals surface area contributed by atoms with Gasteiger partial charge in [0, 0.05) is 17.8 Å². The Hall–Kier alpha value is -3.62. The number of phenolic OH excluding ortho intramolecular Hbond substituents is 1. The topological polar surface area (TPSA) is 141 Å². The number of anilines is 1. The number of aromatic nitrogens is 1. The number of fused-ring (bicyclic) bond motifs is 1. The van der Waals surface area contributed by atoms with Crippen molar-refractivity contribution in [2.75, 3.05) is 5.32 Å². The highest BCUT2D eigenvalue weighted by atomic mass is 16.4. The van der Waals surface area contributed by atoms with E-state index < -0.39 is 23.8 Å². The lowest BCUT2D eigenvalue weighted by molar-refractivity contribution is -0.142. The average molecular weight is 396 g/mol. The number of carboxylic acids is 1. The minimum atomic E-state index is -1.05. The summed E-state index contributed by atoms with van der Waals surface area (Å²) in [6.45, 7) is 0. The van der Waals surface area contributed by atoms with Crippen LogP contribution in [0.25, 0.3) is 0 Å². The molecule has 0 spiro atoms. The molecule has 1 heterocycles. The van der Waals surface area contributed by atoms with E-state index in [-0.39, 0.29) is 29.8 Å². The fourth-order valence-corrected chi connectivity index (χ4v) is 3.46. The first kappa shape index (κ1) is 18.7. The zero-order valence-electron chi connectivity index (χ0n) is 15.4. The summed E-state index contributed by atoms with van der Waals surface area (Å²) >= 11 is 0. The highest BCUT2D eigenvalue weighted by Gasteiger charge is 2.39. The molecule has 0 saturated heterocycles. The Morgan fingerprint density at radius 1 is 1.07 bits per heavy atom. The molecule has 3 amide bonds. The molecule has 1 saturated carbocycles. The predicted molar refractivity (Wildman–Crippen MR) is 103 cm³/mol. The maximum absolute atomic E-state index is 12.6. The van der Waals surface area contributed by atoms with Crippen molar-refractivity contribution >= 4 is 23.7 Å². The SMILES string of the molecule is O=C(Nc1ccc(C(=O)N[C@H]2c3cccc(O)c3C[C@H]2C(=O)O)cn1)NC1CC1. The molecule has 0 aliphatic heterocycles. The summed E-state index contributed by atoms with van der Waals surface area (Å²) in [4.78, 5) is 40.1. The number of nitrogens with one attached hydrogen (secondary N) is 3. The molecule has 1 aromatic heterocycles. The number of amides is 3. The monoisotopic (exact) mass is 396 g/mol. The molecule has 1 fully saturated rings. The Morgan fingerprint density at radius 2 is 1.86 bits per heavy atom. The largest absolute Gasteiger partial charge is 0.508 e. The van der Waals surface area contributed by atoms with E-state index in [0.717, 1.165) is 12.8 Å². The van der Waals surface area contributed by atoms with Crippen molar-refractivity contribution in [3.8, 4) is 5.75 Å². The maximum Gasteiger partial charge on any atom is 0.320 e. The van der Waals surface area contributed by atoms with Gasteiger partial charge in [0.05, 0.1) is 17.5 Å². The lowest BCUT2D eigenvalue weighted by Gasteiger charge is -2.19. The van der Waals surface area contributed by atoms with Gasteiger partial charge in [0.25, 0.3) is 5.91 Å². The van der Waals surface area contributed by atoms with Crippen molar-refractivity contribution in [1.29, 1.82) is 0 Å². The third kappa shape index (κ3) is 3.98. The second kappa shape index (κ2) is 7.42. The molecular formula is C20H20N4O5. The summed E-state index contributed by atoms with van der Waals surface area (Å²) in [5, 5.41) is 27.6. The third-order valence-corrected chi connectivity index (χ3v) is 5.13. The minimum absolute atomic E-state index is 0.0204. The number of aliphatic carboxylic acids is 1. The molecule has 2 atom stereocenters. The Labute approximate surface area is 166 Å². The van der Waals surface area contributed by atoms with Crippen molar-refractivity contribution < 1.29 is 24.6 Å². The fourth-order valence-electron chi connectivity index (χ4n) is 3.46. The van der Waals surface area contributed by atoms with Gasteiger partial charge in [-0.2, -0.15) is 0 Å². The van der Waals surface area contributed by atoms with E-state index in [2.05, 4.69) is 20.9 Å². The van der Waals surface area contributed by atoms with E-state index in [0.29, 0.717) is 16.9 Å². The smallest absolute Gasteiger partial charge is 0.320 e. The summed E-state index contributed by atoms with van der Waals surface area (Å²) < 4.78 is 0. The van der Waals surface area contributed by atoms with Crippen molar-refractivity contribution in [3.05, 3.63) is 53.2 Å². The van der Waals surface area contributed by atoms with Gasteiger partial charge < -0.3 is 20.8 Å². The van der Waals surface area contributed by atoms with Gasteiger partial charge >= 0.3 is 12.0 Å². The molecule has 0 bridgehead atoms. The molecular weight excluding hydrogens is 376 g/mol. The van der Waals surface area contributed by atoms with E-state index in [1.54, 1.807) is 12.1 Å². The predicted octanol–water partition coefficient (Wildman–Crippen LogP) is 1.80. The summed E-state index contributed by atoms with van der Waals surface area (Å²) in [7, 11) is 0. The minimum Gasteiger partial charge on any atom is -0.508 e. The maximum atomic E-state index is 12.6. The first-order valence-corrected chi connectivity index (χ1v) is 9.30. The molecule has 9 nitrogen and oxygen atoms in total. The summed E-state index contributed by atoms with van der Waals surface area (Å²) in [6, 6.07) is 6.94. The van der Waals surface area contributed by atoms with Gasteiger partial charge in [0.2, 0.25) is 0 Å². The molecule has 1 aromatic carbocycles. The molecule has 5 N–H and O–H groups in total. The van der Waals surface area contributed by atoms with E-state index in [4.69, 9.17) is 0 Å². The number of pyridine rings is 1. The van der Waals surface area contributed by atoms with Gasteiger partial charge in [-0.15, -0.1) is 0 Å². The average Bonchev–Trinajstić information content (AvgIpc) is 3.41. The summed E-state index contributed by atoms with van der Waals surface area (Å²) in [5.41, 5.74) is 1.36. The Balaban J connectivity index is 1.46. The number of nitrogens with zero attached hydrogens (tertiary/aromatic N) is 1. The van der Waals surface area contributed by atoms with Crippen LogP contribution in [0.5, 0.6) is 5.75 Å². The number of carboxylic acid groups (broad SMARTS) is 1. The molecule has 29 heavy (non-hydrogen) atoms. The van der Waals surface area contributed by atoms with Crippen LogP contribution in [0.4, 0.5) is 10.6 Å². The van der Waals surface area contributed by atoms with Crippen molar-refractivity contribution in [2.24, 2.45) is 5.92 Å². The number of phenols is 1. The number of benzene rings is 1. The second-order valence-electron chi connectivity index (χ2n) is 7.25. The van der Waals surface area contributed by atoms with Crippen LogP contribution in [0.1, 0.15) is 40.4 Å². The number of aromatic hydroxyl groups is 1. The lowest BCUT2D eigenvalue weighted by Crippen LogP contribution is -2.34. The molecule has 9 heteroatoms. The Morgan fingerprint density at radius 3 is 2.52 bits per heavy atom. The Kier molecular flexibility index (Phi) is 4.79. The normalized spacial score (nSPS) is 19.9. The van der Waals surface area contributed by atoms with Crippen molar-refractivity contribution in [3.63, 3.8) is 0 Å². The third-order valence-electron chi connectivity index (χ3n) is 5.13. The number of carbonyl (C=O) groups excluding carboxylic acids is 2. The first-order chi connectivity index (χ1) is 13.9. The molecule has 4 rings (SSSR count). The molecule has 2 aliphatic rings. The fraction of sp³-hybridized carbons (Fsp3) is 0.300. The van der Waals surface area contributed by atoms with Crippen LogP contribution in [0, 0.1) is 5.92 Å². The van der Waals surface area contributed by atoms with Crippen molar-refractivity contribution in [1.82, 2.24) is 15.6 Å². The summed E-state index contributed by atoms with van der Waals surface area (Å²) in [5.74, 6) is -2.09. The van der Waals surface area contributed by atoms with Gasteiger partial charge in [-0.05, 0) is 43.0 Å². The number of urea groups is 1. The van der Waals surface area contributed by atoms with Crippen molar-refractivity contribution in [2.45, 2.75) is 31.3 Å². The van der Waals surface area contributed by atoms with Crippen LogP contribution in [-0.2, 0) is 11.2 Å². The first-order valence-electron chi connectivity index (χ1n) is 9.30. The van der Waals surface area contributed by atoms with Crippen LogP contribution < -0.4 is 16.0 Å². The van der Waals surface area contributed by atoms with Gasteiger partial charge in [0.1, 0.15) is 11.6 Å². The zero-order valence-corrected chi connectivity index (χ0v) is 15.4. The highest BCUT2D eigenvalue weighted by Crippen LogP contribution is 2.40. The van der Waals surface area contributed by atoms with E-state index in [1.165, 1.54) is 24.4 Å². The van der Waals surface area contributed by atoms with E-state index in [1.807, 2.05) is 0 Å². The number of hydrogen-bond acceptors (Lipinski definition) is 5.